The number of nitrogens with one attached hydrogen (secondary N) is 2. The predicted molar refractivity (Wildman–Crippen MR) is 117 cm³/mol. The van der Waals surface area contributed by atoms with Crippen molar-refractivity contribution in [2.24, 2.45) is 4.99 Å². The SMILES string of the molecule is CCNC(=NCc1ccc(C)cc1SC)NCc1ncc(C)s1.I. The first kappa shape index (κ1) is 21.2. The Bertz CT molecular complexity index is 670. The van der Waals surface area contributed by atoms with Crippen LogP contribution in [0.3, 0.4) is 0 Å². The summed E-state index contributed by atoms with van der Waals surface area (Å²) in [6.45, 7) is 8.47. The van der Waals surface area contributed by atoms with Crippen molar-refractivity contribution in [1.29, 1.82) is 0 Å². The van der Waals surface area contributed by atoms with Gasteiger partial charge in [-0.15, -0.1) is 47.1 Å². The quantitative estimate of drug-likeness (QED) is 0.282. The molecule has 0 aliphatic heterocycles. The summed E-state index contributed by atoms with van der Waals surface area (Å²) in [6.07, 6.45) is 4.01. The minimum atomic E-state index is 0. The first-order valence-electron chi connectivity index (χ1n) is 7.69. The van der Waals surface area contributed by atoms with Crippen molar-refractivity contribution in [2.75, 3.05) is 12.8 Å². The number of benzene rings is 1. The van der Waals surface area contributed by atoms with E-state index < -0.39 is 0 Å². The summed E-state index contributed by atoms with van der Waals surface area (Å²) in [5, 5.41) is 7.71. The maximum absolute atomic E-state index is 4.70. The molecule has 1 heterocycles. The van der Waals surface area contributed by atoms with Gasteiger partial charge in [0.15, 0.2) is 5.96 Å². The number of aryl methyl sites for hydroxylation is 2. The third-order valence-electron chi connectivity index (χ3n) is 3.27. The highest BCUT2D eigenvalue weighted by molar-refractivity contribution is 14.0. The van der Waals surface area contributed by atoms with Crippen LogP contribution < -0.4 is 10.6 Å². The number of rotatable bonds is 6. The Labute approximate surface area is 170 Å². The predicted octanol–water partition coefficient (Wildman–Crippen LogP) is 4.36. The normalized spacial score (nSPS) is 11.1. The summed E-state index contributed by atoms with van der Waals surface area (Å²) < 4.78 is 0. The summed E-state index contributed by atoms with van der Waals surface area (Å²) >= 11 is 3.48. The molecule has 0 aliphatic carbocycles. The van der Waals surface area contributed by atoms with Gasteiger partial charge in [0, 0.05) is 22.5 Å². The fourth-order valence-electron chi connectivity index (χ4n) is 2.13. The van der Waals surface area contributed by atoms with E-state index in [0.717, 1.165) is 17.5 Å². The highest BCUT2D eigenvalue weighted by Crippen LogP contribution is 2.22. The average Bonchev–Trinajstić information content (AvgIpc) is 2.96. The third kappa shape index (κ3) is 6.60. The van der Waals surface area contributed by atoms with Crippen molar-refractivity contribution in [2.45, 2.75) is 38.8 Å². The lowest BCUT2D eigenvalue weighted by Crippen LogP contribution is -2.36. The average molecular weight is 476 g/mol. The van der Waals surface area contributed by atoms with Crippen LogP contribution in [0, 0.1) is 13.8 Å². The van der Waals surface area contributed by atoms with Crippen molar-refractivity contribution < 1.29 is 0 Å². The molecule has 2 N–H and O–H groups in total. The van der Waals surface area contributed by atoms with Crippen molar-refractivity contribution >= 4 is 53.0 Å². The largest absolute Gasteiger partial charge is 0.357 e. The molecule has 0 aliphatic rings. The molecule has 0 atom stereocenters. The number of halogens is 1. The number of guanidine groups is 1. The molecule has 4 nitrogen and oxygen atoms in total. The van der Waals surface area contributed by atoms with Gasteiger partial charge in [0.05, 0.1) is 13.1 Å². The summed E-state index contributed by atoms with van der Waals surface area (Å²) in [6, 6.07) is 6.52. The van der Waals surface area contributed by atoms with Crippen LogP contribution in [0.5, 0.6) is 0 Å². The van der Waals surface area contributed by atoms with Gasteiger partial charge in [0.25, 0.3) is 0 Å². The molecule has 0 unspecified atom stereocenters. The topological polar surface area (TPSA) is 49.3 Å². The van der Waals surface area contributed by atoms with E-state index in [1.165, 1.54) is 20.9 Å². The van der Waals surface area contributed by atoms with Crippen LogP contribution in [0.1, 0.15) is 27.9 Å². The molecule has 0 spiro atoms. The maximum atomic E-state index is 4.70. The van der Waals surface area contributed by atoms with E-state index >= 15 is 0 Å². The zero-order valence-electron chi connectivity index (χ0n) is 14.5. The lowest BCUT2D eigenvalue weighted by atomic mass is 10.1. The van der Waals surface area contributed by atoms with Gasteiger partial charge in [-0.2, -0.15) is 0 Å². The van der Waals surface area contributed by atoms with Gasteiger partial charge in [-0.1, -0.05) is 12.1 Å². The Hall–Kier alpha value is -0.800. The van der Waals surface area contributed by atoms with Crippen LogP contribution in [0.4, 0.5) is 0 Å². The second-order valence-electron chi connectivity index (χ2n) is 5.23. The molecule has 0 amide bonds. The Morgan fingerprint density at radius 3 is 2.71 bits per heavy atom. The summed E-state index contributed by atoms with van der Waals surface area (Å²) in [5.74, 6) is 0.827. The molecular weight excluding hydrogens is 451 g/mol. The first-order valence-corrected chi connectivity index (χ1v) is 9.73. The van der Waals surface area contributed by atoms with E-state index in [1.807, 2.05) is 6.20 Å². The van der Waals surface area contributed by atoms with Gasteiger partial charge in [0.2, 0.25) is 0 Å². The van der Waals surface area contributed by atoms with E-state index in [1.54, 1.807) is 23.1 Å². The van der Waals surface area contributed by atoms with Gasteiger partial charge in [-0.05, 0) is 44.2 Å². The Morgan fingerprint density at radius 1 is 1.29 bits per heavy atom. The first-order chi connectivity index (χ1) is 11.1. The molecule has 2 rings (SSSR count). The molecule has 0 saturated heterocycles. The minimum Gasteiger partial charge on any atom is -0.357 e. The standard InChI is InChI=1S/C17H24N4S2.HI/c1-5-18-17(21-11-16-19-9-13(3)23-16)20-10-14-7-6-12(2)8-15(14)22-4;/h6-9H,5,10-11H2,1-4H3,(H2,18,20,21);1H. The van der Waals surface area contributed by atoms with Crippen LogP contribution in [-0.4, -0.2) is 23.7 Å². The van der Waals surface area contributed by atoms with Gasteiger partial charge < -0.3 is 10.6 Å². The molecule has 0 saturated carbocycles. The van der Waals surface area contributed by atoms with E-state index in [4.69, 9.17) is 4.99 Å². The summed E-state index contributed by atoms with van der Waals surface area (Å²) in [4.78, 5) is 11.6. The van der Waals surface area contributed by atoms with Crippen molar-refractivity contribution in [3.63, 3.8) is 0 Å². The number of hydrogen-bond acceptors (Lipinski definition) is 4. The van der Waals surface area contributed by atoms with Gasteiger partial charge >= 0.3 is 0 Å². The fourth-order valence-corrected chi connectivity index (χ4v) is 3.56. The smallest absolute Gasteiger partial charge is 0.191 e. The van der Waals surface area contributed by atoms with Gasteiger partial charge in [0.1, 0.15) is 5.01 Å². The molecule has 0 fully saturated rings. The number of thioether (sulfide) groups is 1. The van der Waals surface area contributed by atoms with E-state index in [-0.39, 0.29) is 24.0 Å². The third-order valence-corrected chi connectivity index (χ3v) is 5.00. The number of aromatic nitrogens is 1. The molecule has 1 aromatic heterocycles. The molecule has 0 radical (unpaired) electrons. The van der Waals surface area contributed by atoms with Crippen molar-refractivity contribution in [3.8, 4) is 0 Å². The number of nitrogens with zero attached hydrogens (tertiary/aromatic N) is 2. The van der Waals surface area contributed by atoms with Crippen molar-refractivity contribution in [3.05, 3.63) is 45.4 Å². The van der Waals surface area contributed by atoms with Crippen LogP contribution in [0.15, 0.2) is 34.3 Å². The van der Waals surface area contributed by atoms with Crippen LogP contribution in [-0.2, 0) is 13.1 Å². The van der Waals surface area contributed by atoms with Crippen LogP contribution in [0.25, 0.3) is 0 Å². The molecule has 2 aromatic rings. The molecule has 1 aromatic carbocycles. The maximum Gasteiger partial charge on any atom is 0.191 e. The minimum absolute atomic E-state index is 0. The van der Waals surface area contributed by atoms with Crippen LogP contribution in [0.2, 0.25) is 0 Å². The monoisotopic (exact) mass is 476 g/mol. The van der Waals surface area contributed by atoms with E-state index in [9.17, 15) is 0 Å². The molecule has 132 valence electrons. The fraction of sp³-hybridized carbons (Fsp3) is 0.412. The molecule has 0 bridgehead atoms. The Kier molecular flexibility index (Phi) is 9.68. The zero-order chi connectivity index (χ0) is 16.7. The van der Waals surface area contributed by atoms with Gasteiger partial charge in [-0.3, -0.25) is 0 Å². The van der Waals surface area contributed by atoms with E-state index in [2.05, 4.69) is 60.8 Å². The summed E-state index contributed by atoms with van der Waals surface area (Å²) in [7, 11) is 0. The number of hydrogen-bond donors (Lipinski definition) is 2. The number of thiazole rings is 1. The molecular formula is C17H25IN4S2. The van der Waals surface area contributed by atoms with Crippen molar-refractivity contribution in [1.82, 2.24) is 15.6 Å². The second-order valence-corrected chi connectivity index (χ2v) is 7.40. The second kappa shape index (κ2) is 10.9. The lowest BCUT2D eigenvalue weighted by molar-refractivity contribution is 0.809. The zero-order valence-corrected chi connectivity index (χ0v) is 18.5. The highest BCUT2D eigenvalue weighted by atomic mass is 127. The lowest BCUT2D eigenvalue weighted by Gasteiger charge is -2.11. The van der Waals surface area contributed by atoms with E-state index in [0.29, 0.717) is 13.1 Å². The van der Waals surface area contributed by atoms with Gasteiger partial charge in [-0.25, -0.2) is 9.98 Å². The molecule has 7 heteroatoms. The Morgan fingerprint density at radius 2 is 2.08 bits per heavy atom. The highest BCUT2D eigenvalue weighted by Gasteiger charge is 2.04. The number of aliphatic imine (C=N–C) groups is 1. The van der Waals surface area contributed by atoms with Crippen LogP contribution >= 0.6 is 47.1 Å². The Balaban J connectivity index is 0.00000288. The molecule has 24 heavy (non-hydrogen) atoms. The summed E-state index contributed by atoms with van der Waals surface area (Å²) in [5.41, 5.74) is 2.54.